The second-order valence-corrected chi connectivity index (χ2v) is 8.59. The molecule has 172 valence electrons. The Hall–Kier alpha value is -2.10. The highest BCUT2D eigenvalue weighted by Crippen LogP contribution is 2.21. The highest BCUT2D eigenvalue weighted by molar-refractivity contribution is 5.56. The number of hydrogen-bond acceptors (Lipinski definition) is 4. The highest BCUT2D eigenvalue weighted by Gasteiger charge is 2.04. The molecule has 4 heteroatoms. The summed E-state index contributed by atoms with van der Waals surface area (Å²) in [5.74, 6) is 3.20. The molecule has 4 nitrogen and oxygen atoms in total. The number of hydrogen-bond donors (Lipinski definition) is 0. The molecule has 2 rings (SSSR count). The number of unbranched alkanes of at least 4 members (excludes halogenated alkanes) is 7. The standard InChI is InChI=1S/C27H42N2O2/c1-4-6-7-8-9-12-19-30-25-17-15-24(16-18-25)27-28-21-26(22-29-27)31-20-13-10-11-14-23(3)5-2/h15-18,21-23H,4-14,19-20H2,1-3H3. The van der Waals surface area contributed by atoms with E-state index in [0.717, 1.165) is 49.0 Å². The van der Waals surface area contributed by atoms with Crippen molar-refractivity contribution < 1.29 is 9.47 Å². The van der Waals surface area contributed by atoms with Crippen LogP contribution in [0.3, 0.4) is 0 Å². The maximum absolute atomic E-state index is 5.85. The van der Waals surface area contributed by atoms with E-state index >= 15 is 0 Å². The van der Waals surface area contributed by atoms with Gasteiger partial charge in [-0.05, 0) is 43.0 Å². The monoisotopic (exact) mass is 426 g/mol. The zero-order chi connectivity index (χ0) is 22.2. The van der Waals surface area contributed by atoms with Gasteiger partial charge in [-0.15, -0.1) is 0 Å². The summed E-state index contributed by atoms with van der Waals surface area (Å²) >= 11 is 0. The van der Waals surface area contributed by atoms with Crippen molar-refractivity contribution in [3.63, 3.8) is 0 Å². The summed E-state index contributed by atoms with van der Waals surface area (Å²) in [6.07, 6.45) is 17.4. The fourth-order valence-electron chi connectivity index (χ4n) is 3.48. The van der Waals surface area contributed by atoms with Crippen LogP contribution in [0.15, 0.2) is 36.7 Å². The first kappa shape index (κ1) is 25.2. The van der Waals surface area contributed by atoms with Gasteiger partial charge in [0, 0.05) is 5.56 Å². The van der Waals surface area contributed by atoms with E-state index in [2.05, 4.69) is 30.7 Å². The van der Waals surface area contributed by atoms with Crippen molar-refractivity contribution in [2.75, 3.05) is 13.2 Å². The highest BCUT2D eigenvalue weighted by atomic mass is 16.5. The van der Waals surface area contributed by atoms with E-state index < -0.39 is 0 Å². The number of nitrogens with zero attached hydrogens (tertiary/aromatic N) is 2. The third kappa shape index (κ3) is 10.7. The van der Waals surface area contributed by atoms with Gasteiger partial charge in [-0.25, -0.2) is 9.97 Å². The molecule has 1 aromatic carbocycles. The molecule has 1 aromatic heterocycles. The minimum atomic E-state index is 0.711. The lowest BCUT2D eigenvalue weighted by Crippen LogP contribution is -2.00. The van der Waals surface area contributed by atoms with Crippen LogP contribution in [-0.2, 0) is 0 Å². The second kappa shape index (κ2) is 15.7. The molecule has 31 heavy (non-hydrogen) atoms. The van der Waals surface area contributed by atoms with Gasteiger partial charge in [0.2, 0.25) is 0 Å². The largest absolute Gasteiger partial charge is 0.494 e. The van der Waals surface area contributed by atoms with Crippen molar-refractivity contribution in [1.29, 1.82) is 0 Å². The third-order valence-corrected chi connectivity index (χ3v) is 5.81. The molecular formula is C27H42N2O2. The number of aromatic nitrogens is 2. The summed E-state index contributed by atoms with van der Waals surface area (Å²) in [5, 5.41) is 0. The van der Waals surface area contributed by atoms with Gasteiger partial charge in [-0.3, -0.25) is 0 Å². The van der Waals surface area contributed by atoms with Crippen molar-refractivity contribution in [2.45, 2.75) is 91.4 Å². The van der Waals surface area contributed by atoms with Gasteiger partial charge in [0.25, 0.3) is 0 Å². The molecule has 1 atom stereocenters. The maximum Gasteiger partial charge on any atom is 0.159 e. The first-order valence-electron chi connectivity index (χ1n) is 12.4. The summed E-state index contributed by atoms with van der Waals surface area (Å²) in [4.78, 5) is 8.92. The summed E-state index contributed by atoms with van der Waals surface area (Å²) in [6, 6.07) is 8.03. The topological polar surface area (TPSA) is 44.2 Å². The lowest BCUT2D eigenvalue weighted by Gasteiger charge is -2.09. The van der Waals surface area contributed by atoms with E-state index in [0.29, 0.717) is 5.82 Å². The Morgan fingerprint density at radius 1 is 0.710 bits per heavy atom. The molecule has 0 spiro atoms. The maximum atomic E-state index is 5.85. The fraction of sp³-hybridized carbons (Fsp3) is 0.630. The minimum absolute atomic E-state index is 0.711. The quantitative estimate of drug-likeness (QED) is 0.241. The molecule has 0 N–H and O–H groups in total. The predicted octanol–water partition coefficient (Wildman–Crippen LogP) is 7.87. The van der Waals surface area contributed by atoms with Gasteiger partial charge in [0.05, 0.1) is 25.6 Å². The molecule has 1 unspecified atom stereocenters. The minimum Gasteiger partial charge on any atom is -0.494 e. The summed E-state index contributed by atoms with van der Waals surface area (Å²) < 4.78 is 11.6. The molecule has 0 saturated carbocycles. The van der Waals surface area contributed by atoms with Crippen LogP contribution in [-0.4, -0.2) is 23.2 Å². The van der Waals surface area contributed by atoms with E-state index in [9.17, 15) is 0 Å². The Kier molecular flexibility index (Phi) is 12.7. The van der Waals surface area contributed by atoms with Crippen LogP contribution in [0, 0.1) is 5.92 Å². The summed E-state index contributed by atoms with van der Waals surface area (Å²) in [6.45, 7) is 8.35. The lowest BCUT2D eigenvalue weighted by atomic mass is 10.0. The van der Waals surface area contributed by atoms with E-state index in [4.69, 9.17) is 9.47 Å². The Morgan fingerprint density at radius 3 is 1.94 bits per heavy atom. The van der Waals surface area contributed by atoms with Crippen LogP contribution in [0.5, 0.6) is 11.5 Å². The average Bonchev–Trinajstić information content (AvgIpc) is 2.81. The molecule has 1 heterocycles. The normalized spacial score (nSPS) is 12.0. The van der Waals surface area contributed by atoms with Gasteiger partial charge in [0.15, 0.2) is 11.6 Å². The van der Waals surface area contributed by atoms with E-state index in [1.165, 1.54) is 57.8 Å². The van der Waals surface area contributed by atoms with E-state index in [1.807, 2.05) is 24.3 Å². The zero-order valence-corrected chi connectivity index (χ0v) is 19.9. The summed E-state index contributed by atoms with van der Waals surface area (Å²) in [5.41, 5.74) is 0.989. The van der Waals surface area contributed by atoms with Gasteiger partial charge < -0.3 is 9.47 Å². The van der Waals surface area contributed by atoms with Crippen LogP contribution in [0.2, 0.25) is 0 Å². The Balaban J connectivity index is 1.65. The van der Waals surface area contributed by atoms with Crippen LogP contribution < -0.4 is 9.47 Å². The molecule has 2 aromatic rings. The molecular weight excluding hydrogens is 384 g/mol. The molecule has 0 radical (unpaired) electrons. The van der Waals surface area contributed by atoms with Gasteiger partial charge >= 0.3 is 0 Å². The van der Waals surface area contributed by atoms with Crippen LogP contribution in [0.25, 0.3) is 11.4 Å². The van der Waals surface area contributed by atoms with Crippen molar-refractivity contribution in [1.82, 2.24) is 9.97 Å². The van der Waals surface area contributed by atoms with Crippen LogP contribution in [0.4, 0.5) is 0 Å². The molecule has 0 aliphatic rings. The average molecular weight is 427 g/mol. The van der Waals surface area contributed by atoms with Crippen LogP contribution in [0.1, 0.15) is 91.4 Å². The fourth-order valence-corrected chi connectivity index (χ4v) is 3.48. The smallest absolute Gasteiger partial charge is 0.159 e. The first-order valence-corrected chi connectivity index (χ1v) is 12.4. The first-order chi connectivity index (χ1) is 15.2. The number of rotatable bonds is 17. The molecule has 0 bridgehead atoms. The Bertz CT molecular complexity index is 685. The second-order valence-electron chi connectivity index (χ2n) is 8.59. The lowest BCUT2D eigenvalue weighted by molar-refractivity contribution is 0.300. The molecule has 0 aliphatic heterocycles. The Morgan fingerprint density at radius 2 is 1.29 bits per heavy atom. The molecule has 0 saturated heterocycles. The van der Waals surface area contributed by atoms with E-state index in [-0.39, 0.29) is 0 Å². The van der Waals surface area contributed by atoms with Crippen molar-refractivity contribution >= 4 is 0 Å². The SMILES string of the molecule is CCCCCCCCOc1ccc(-c2ncc(OCCCCCC(C)CC)cn2)cc1. The van der Waals surface area contributed by atoms with E-state index in [1.54, 1.807) is 12.4 Å². The molecule has 0 amide bonds. The Labute approximate surface area is 189 Å². The van der Waals surface area contributed by atoms with Crippen LogP contribution >= 0.6 is 0 Å². The van der Waals surface area contributed by atoms with Crippen molar-refractivity contribution in [2.24, 2.45) is 5.92 Å². The van der Waals surface area contributed by atoms with Gasteiger partial charge in [0.1, 0.15) is 5.75 Å². The van der Waals surface area contributed by atoms with Crippen molar-refractivity contribution in [3.05, 3.63) is 36.7 Å². The zero-order valence-electron chi connectivity index (χ0n) is 19.9. The third-order valence-electron chi connectivity index (χ3n) is 5.81. The van der Waals surface area contributed by atoms with Gasteiger partial charge in [-0.1, -0.05) is 78.6 Å². The predicted molar refractivity (Wildman–Crippen MR) is 130 cm³/mol. The molecule has 0 fully saturated rings. The summed E-state index contributed by atoms with van der Waals surface area (Å²) in [7, 11) is 0. The van der Waals surface area contributed by atoms with Crippen molar-refractivity contribution in [3.8, 4) is 22.9 Å². The van der Waals surface area contributed by atoms with Gasteiger partial charge in [-0.2, -0.15) is 0 Å². The number of ether oxygens (including phenoxy) is 2. The number of benzene rings is 1. The molecule has 0 aliphatic carbocycles.